The quantitative estimate of drug-likeness (QED) is 0.794. The summed E-state index contributed by atoms with van der Waals surface area (Å²) in [6, 6.07) is 3.96. The van der Waals surface area contributed by atoms with Crippen LogP contribution in [0.2, 0.25) is 0 Å². The number of aromatic amines is 1. The fourth-order valence-corrected chi connectivity index (χ4v) is 1.71. The third kappa shape index (κ3) is 2.44. The number of halogens is 2. The molecule has 0 saturated heterocycles. The highest BCUT2D eigenvalue weighted by atomic mass is 79.9. The second-order valence-electron chi connectivity index (χ2n) is 3.28. The number of amides is 1. The Morgan fingerprint density at radius 2 is 2.29 bits per heavy atom. The maximum absolute atomic E-state index is 12.8. The van der Waals surface area contributed by atoms with Gasteiger partial charge in [-0.3, -0.25) is 9.89 Å². The average Bonchev–Trinajstić information content (AvgIpc) is 2.68. The molecule has 1 aromatic heterocycles. The average molecular weight is 299 g/mol. The number of hydrogen-bond acceptors (Lipinski definition) is 3. The molecule has 17 heavy (non-hydrogen) atoms. The molecule has 7 heteroatoms. The van der Waals surface area contributed by atoms with Gasteiger partial charge in [-0.25, -0.2) is 4.39 Å². The third-order valence-corrected chi connectivity index (χ3v) is 2.75. The molecule has 0 aliphatic rings. The number of carbonyl (C=O) groups excluding carboxylic acids is 1. The van der Waals surface area contributed by atoms with E-state index in [9.17, 15) is 9.18 Å². The normalized spacial score (nSPS) is 10.2. The summed E-state index contributed by atoms with van der Waals surface area (Å²) in [5.74, 6) is -0.623. The summed E-state index contributed by atoms with van der Waals surface area (Å²) in [4.78, 5) is 11.8. The number of benzene rings is 1. The van der Waals surface area contributed by atoms with Gasteiger partial charge in [0.25, 0.3) is 5.91 Å². The van der Waals surface area contributed by atoms with Crippen LogP contribution in [-0.4, -0.2) is 16.1 Å². The Morgan fingerprint density at radius 3 is 2.88 bits per heavy atom. The molecule has 2 aromatic rings. The molecular formula is C10H8BrFN4O. The Hall–Kier alpha value is -1.89. The van der Waals surface area contributed by atoms with Crippen LogP contribution in [0.25, 0.3) is 0 Å². The van der Waals surface area contributed by atoms with E-state index >= 15 is 0 Å². The Labute approximate surface area is 104 Å². The first-order valence-electron chi connectivity index (χ1n) is 4.63. The van der Waals surface area contributed by atoms with Gasteiger partial charge in [-0.15, -0.1) is 0 Å². The first-order valence-corrected chi connectivity index (χ1v) is 5.42. The van der Waals surface area contributed by atoms with Crippen LogP contribution in [0, 0.1) is 5.82 Å². The van der Waals surface area contributed by atoms with Gasteiger partial charge >= 0.3 is 0 Å². The molecule has 1 amide bonds. The number of H-pyrrole nitrogens is 1. The van der Waals surface area contributed by atoms with Crippen molar-refractivity contribution in [3.8, 4) is 0 Å². The summed E-state index contributed by atoms with van der Waals surface area (Å²) in [6.45, 7) is 0. The maximum atomic E-state index is 12.8. The molecule has 1 heterocycles. The predicted molar refractivity (Wildman–Crippen MR) is 65.1 cm³/mol. The summed E-state index contributed by atoms with van der Waals surface area (Å²) in [5.41, 5.74) is 6.20. The van der Waals surface area contributed by atoms with Crippen molar-refractivity contribution in [2.45, 2.75) is 0 Å². The number of aromatic nitrogens is 2. The largest absolute Gasteiger partial charge is 0.383 e. The number of nitrogen functional groups attached to an aromatic ring is 1. The van der Waals surface area contributed by atoms with Crippen molar-refractivity contribution in [3.63, 3.8) is 0 Å². The molecule has 0 fully saturated rings. The first kappa shape index (κ1) is 11.6. The van der Waals surface area contributed by atoms with Crippen LogP contribution < -0.4 is 11.1 Å². The zero-order valence-corrected chi connectivity index (χ0v) is 10.1. The Bertz CT molecular complexity index is 569. The lowest BCUT2D eigenvalue weighted by Gasteiger charge is -2.06. The van der Waals surface area contributed by atoms with Gasteiger partial charge in [0.15, 0.2) is 0 Å². The van der Waals surface area contributed by atoms with E-state index in [1.165, 1.54) is 24.4 Å². The highest BCUT2D eigenvalue weighted by molar-refractivity contribution is 9.10. The Morgan fingerprint density at radius 1 is 1.53 bits per heavy atom. The van der Waals surface area contributed by atoms with Crippen molar-refractivity contribution >= 4 is 33.3 Å². The molecule has 0 aliphatic carbocycles. The van der Waals surface area contributed by atoms with E-state index in [0.717, 1.165) is 0 Å². The van der Waals surface area contributed by atoms with E-state index < -0.39 is 11.7 Å². The highest BCUT2D eigenvalue weighted by Gasteiger charge is 2.13. The number of nitrogens with one attached hydrogen (secondary N) is 2. The van der Waals surface area contributed by atoms with E-state index in [1.807, 2.05) is 0 Å². The summed E-state index contributed by atoms with van der Waals surface area (Å²) >= 11 is 3.15. The smallest absolute Gasteiger partial charge is 0.261 e. The summed E-state index contributed by atoms with van der Waals surface area (Å²) < 4.78 is 13.3. The molecule has 0 spiro atoms. The van der Waals surface area contributed by atoms with Crippen molar-refractivity contribution < 1.29 is 9.18 Å². The number of nitrogens with zero attached hydrogens (tertiary/aromatic N) is 1. The fraction of sp³-hybridized carbons (Fsp3) is 0. The van der Waals surface area contributed by atoms with Crippen LogP contribution in [0.1, 0.15) is 10.4 Å². The van der Waals surface area contributed by atoms with Crippen LogP contribution in [0.4, 0.5) is 15.9 Å². The summed E-state index contributed by atoms with van der Waals surface area (Å²) in [7, 11) is 0. The first-order chi connectivity index (χ1) is 8.08. The Balaban J connectivity index is 2.22. The molecular weight excluding hydrogens is 291 g/mol. The van der Waals surface area contributed by atoms with Crippen LogP contribution >= 0.6 is 15.9 Å². The minimum atomic E-state index is -0.413. The third-order valence-electron chi connectivity index (χ3n) is 2.09. The van der Waals surface area contributed by atoms with Gasteiger partial charge in [-0.05, 0) is 34.1 Å². The van der Waals surface area contributed by atoms with Gasteiger partial charge in [-0.2, -0.15) is 5.10 Å². The topological polar surface area (TPSA) is 83.8 Å². The lowest BCUT2D eigenvalue weighted by Crippen LogP contribution is -2.13. The lowest BCUT2D eigenvalue weighted by molar-refractivity contribution is 0.102. The standard InChI is InChI=1S/C10H8BrFN4O/c11-7-3-5(12)1-2-8(7)15-10(17)6-4-14-16-9(6)13/h1-4H,(H,15,17)(H3,13,14,16). The van der Waals surface area contributed by atoms with Gasteiger partial charge in [-0.1, -0.05) is 0 Å². The minimum absolute atomic E-state index is 0.181. The van der Waals surface area contributed by atoms with Gasteiger partial charge in [0.1, 0.15) is 17.2 Å². The molecule has 2 rings (SSSR count). The van der Waals surface area contributed by atoms with Crippen molar-refractivity contribution in [3.05, 3.63) is 40.2 Å². The van der Waals surface area contributed by atoms with E-state index in [2.05, 4.69) is 31.4 Å². The molecule has 0 saturated carbocycles. The fourth-order valence-electron chi connectivity index (χ4n) is 1.26. The Kier molecular flexibility index (Phi) is 3.10. The minimum Gasteiger partial charge on any atom is -0.383 e. The van der Waals surface area contributed by atoms with Gasteiger partial charge in [0, 0.05) is 4.47 Å². The molecule has 0 radical (unpaired) electrons. The summed E-state index contributed by atoms with van der Waals surface area (Å²) in [5, 5.41) is 8.68. The molecule has 1 aromatic carbocycles. The monoisotopic (exact) mass is 298 g/mol. The molecule has 4 N–H and O–H groups in total. The number of nitrogens with two attached hydrogens (primary N) is 1. The second-order valence-corrected chi connectivity index (χ2v) is 4.13. The molecule has 0 atom stereocenters. The van der Waals surface area contributed by atoms with Gasteiger partial charge in [0.2, 0.25) is 0 Å². The van der Waals surface area contributed by atoms with Crippen molar-refractivity contribution in [2.24, 2.45) is 0 Å². The molecule has 0 unspecified atom stereocenters. The van der Waals surface area contributed by atoms with Gasteiger partial charge < -0.3 is 11.1 Å². The zero-order valence-electron chi connectivity index (χ0n) is 8.50. The number of carbonyl (C=O) groups is 1. The number of rotatable bonds is 2. The van der Waals surface area contributed by atoms with Crippen molar-refractivity contribution in [2.75, 3.05) is 11.1 Å². The molecule has 5 nitrogen and oxygen atoms in total. The van der Waals surface area contributed by atoms with Crippen LogP contribution in [0.15, 0.2) is 28.9 Å². The van der Waals surface area contributed by atoms with Crippen LogP contribution in [0.5, 0.6) is 0 Å². The SMILES string of the molecule is Nc1[nH]ncc1C(=O)Nc1ccc(F)cc1Br. The predicted octanol–water partition coefficient (Wildman–Crippen LogP) is 2.15. The second kappa shape index (κ2) is 4.54. The summed E-state index contributed by atoms with van der Waals surface area (Å²) in [6.07, 6.45) is 1.32. The van der Waals surface area contributed by atoms with Crippen LogP contribution in [0.3, 0.4) is 0 Å². The van der Waals surface area contributed by atoms with E-state index in [1.54, 1.807) is 0 Å². The van der Waals surface area contributed by atoms with Crippen molar-refractivity contribution in [1.29, 1.82) is 0 Å². The zero-order chi connectivity index (χ0) is 12.4. The van der Waals surface area contributed by atoms with Crippen molar-refractivity contribution in [1.82, 2.24) is 10.2 Å². The molecule has 0 aliphatic heterocycles. The maximum Gasteiger partial charge on any atom is 0.261 e. The highest BCUT2D eigenvalue weighted by Crippen LogP contribution is 2.23. The van der Waals surface area contributed by atoms with Crippen LogP contribution in [-0.2, 0) is 0 Å². The van der Waals surface area contributed by atoms with E-state index in [4.69, 9.17) is 5.73 Å². The number of hydrogen-bond donors (Lipinski definition) is 3. The van der Waals surface area contributed by atoms with E-state index in [0.29, 0.717) is 10.2 Å². The van der Waals surface area contributed by atoms with Gasteiger partial charge in [0.05, 0.1) is 11.9 Å². The van der Waals surface area contributed by atoms with E-state index in [-0.39, 0.29) is 11.4 Å². The number of anilines is 2. The molecule has 88 valence electrons. The lowest BCUT2D eigenvalue weighted by atomic mass is 10.2. The molecule has 0 bridgehead atoms.